The normalized spacial score (nSPS) is 11.6. The lowest BCUT2D eigenvalue weighted by atomic mass is 9.93. The molecule has 0 radical (unpaired) electrons. The average Bonchev–Trinajstić information content (AvgIpc) is 3.17. The van der Waals surface area contributed by atoms with Gasteiger partial charge in [0.2, 0.25) is 11.8 Å². The Morgan fingerprint density at radius 3 is 2.57 bits per heavy atom. The standard InChI is InChI=1S/C25H29N3O2/c1-16-14-22(19-6-7-23-20(15-19)8-10-26-23)17(2)12-21(16)13-18(3)25(30)27-11-9-24(29)28(4)5/h6-8,10,12-15,26H,9,11H2,1-5H3,(H,27,30)/b18-13+. The fourth-order valence-corrected chi connectivity index (χ4v) is 3.47. The molecule has 5 heteroatoms. The van der Waals surface area contributed by atoms with Gasteiger partial charge in [0.05, 0.1) is 0 Å². The van der Waals surface area contributed by atoms with Gasteiger partial charge in [0.15, 0.2) is 0 Å². The molecule has 0 atom stereocenters. The van der Waals surface area contributed by atoms with Crippen LogP contribution >= 0.6 is 0 Å². The molecule has 0 spiro atoms. The summed E-state index contributed by atoms with van der Waals surface area (Å²) in [7, 11) is 3.42. The number of H-pyrrole nitrogens is 1. The first-order valence-electron chi connectivity index (χ1n) is 10.1. The Labute approximate surface area is 177 Å². The summed E-state index contributed by atoms with van der Waals surface area (Å²) >= 11 is 0. The van der Waals surface area contributed by atoms with Crippen LogP contribution in [-0.2, 0) is 9.59 Å². The van der Waals surface area contributed by atoms with E-state index < -0.39 is 0 Å². The number of hydrogen-bond donors (Lipinski definition) is 2. The van der Waals surface area contributed by atoms with Crippen LogP contribution in [0.2, 0.25) is 0 Å². The minimum atomic E-state index is -0.152. The Balaban J connectivity index is 1.77. The molecule has 156 valence electrons. The fraction of sp³-hybridized carbons (Fsp3) is 0.280. The molecule has 0 fully saturated rings. The second kappa shape index (κ2) is 8.99. The second-order valence-electron chi connectivity index (χ2n) is 7.92. The number of aryl methyl sites for hydroxylation is 2. The molecule has 0 saturated carbocycles. The smallest absolute Gasteiger partial charge is 0.246 e. The van der Waals surface area contributed by atoms with E-state index in [4.69, 9.17) is 0 Å². The molecule has 2 N–H and O–H groups in total. The highest BCUT2D eigenvalue weighted by Crippen LogP contribution is 2.30. The SMILES string of the molecule is C/C(=C\c1cc(C)c(-c2ccc3[nH]ccc3c2)cc1C)C(=O)NCCC(=O)N(C)C. The molecule has 0 saturated heterocycles. The van der Waals surface area contributed by atoms with Crippen molar-refractivity contribution in [3.05, 3.63) is 64.9 Å². The van der Waals surface area contributed by atoms with E-state index in [0.717, 1.165) is 22.2 Å². The van der Waals surface area contributed by atoms with Crippen molar-refractivity contribution in [2.24, 2.45) is 0 Å². The third-order valence-electron chi connectivity index (χ3n) is 5.33. The molecule has 5 nitrogen and oxygen atoms in total. The molecule has 3 aromatic rings. The molecule has 1 aromatic heterocycles. The van der Waals surface area contributed by atoms with Crippen molar-refractivity contribution in [3.63, 3.8) is 0 Å². The van der Waals surface area contributed by atoms with Crippen LogP contribution in [0.1, 0.15) is 30.0 Å². The summed E-state index contributed by atoms with van der Waals surface area (Å²) in [4.78, 5) is 28.8. The molecule has 0 aliphatic carbocycles. The van der Waals surface area contributed by atoms with Gasteiger partial charge < -0.3 is 15.2 Å². The molecule has 1 heterocycles. The summed E-state index contributed by atoms with van der Waals surface area (Å²) < 4.78 is 0. The van der Waals surface area contributed by atoms with Crippen molar-refractivity contribution in [1.82, 2.24) is 15.2 Å². The van der Waals surface area contributed by atoms with E-state index in [2.05, 4.69) is 60.5 Å². The van der Waals surface area contributed by atoms with Gasteiger partial charge in [0, 0.05) is 44.3 Å². The van der Waals surface area contributed by atoms with Crippen LogP contribution in [0.4, 0.5) is 0 Å². The molecule has 2 aromatic carbocycles. The van der Waals surface area contributed by atoms with Gasteiger partial charge in [-0.05, 0) is 78.2 Å². The lowest BCUT2D eigenvalue weighted by Gasteiger charge is -2.12. The molecule has 3 rings (SSSR count). The molecular weight excluding hydrogens is 374 g/mol. The van der Waals surface area contributed by atoms with Crippen LogP contribution in [0.5, 0.6) is 0 Å². The summed E-state index contributed by atoms with van der Waals surface area (Å²) in [6.45, 7) is 6.28. The number of aromatic amines is 1. The van der Waals surface area contributed by atoms with Crippen molar-refractivity contribution in [3.8, 4) is 11.1 Å². The van der Waals surface area contributed by atoms with Crippen LogP contribution in [0.15, 0.2) is 48.2 Å². The Hall–Kier alpha value is -3.34. The quantitative estimate of drug-likeness (QED) is 0.597. The fourth-order valence-electron chi connectivity index (χ4n) is 3.47. The van der Waals surface area contributed by atoms with Gasteiger partial charge in [-0.15, -0.1) is 0 Å². The molecule has 0 unspecified atom stereocenters. The maximum atomic E-state index is 12.4. The third kappa shape index (κ3) is 4.79. The lowest BCUT2D eigenvalue weighted by molar-refractivity contribution is -0.128. The molecule has 0 aliphatic rings. The third-order valence-corrected chi connectivity index (χ3v) is 5.33. The van der Waals surface area contributed by atoms with Crippen molar-refractivity contribution in [1.29, 1.82) is 0 Å². The number of carbonyl (C=O) groups excluding carboxylic acids is 2. The highest BCUT2D eigenvalue weighted by Gasteiger charge is 2.10. The van der Waals surface area contributed by atoms with Gasteiger partial charge in [-0.25, -0.2) is 0 Å². The molecule has 0 aliphatic heterocycles. The number of fused-ring (bicyclic) bond motifs is 1. The number of benzene rings is 2. The first-order chi connectivity index (χ1) is 14.3. The van der Waals surface area contributed by atoms with Crippen LogP contribution in [0.3, 0.4) is 0 Å². The first kappa shape index (κ1) is 21.4. The van der Waals surface area contributed by atoms with Gasteiger partial charge in [-0.1, -0.05) is 18.2 Å². The van der Waals surface area contributed by atoms with E-state index in [0.29, 0.717) is 18.5 Å². The van der Waals surface area contributed by atoms with Crippen molar-refractivity contribution in [2.75, 3.05) is 20.6 Å². The van der Waals surface area contributed by atoms with Gasteiger partial charge in [-0.3, -0.25) is 9.59 Å². The van der Waals surface area contributed by atoms with Crippen molar-refractivity contribution < 1.29 is 9.59 Å². The van der Waals surface area contributed by atoms with E-state index in [1.165, 1.54) is 21.4 Å². The van der Waals surface area contributed by atoms with Crippen LogP contribution in [0, 0.1) is 13.8 Å². The van der Waals surface area contributed by atoms with E-state index in [1.54, 1.807) is 21.0 Å². The number of amides is 2. The summed E-state index contributed by atoms with van der Waals surface area (Å²) in [5.41, 5.74) is 7.41. The zero-order chi connectivity index (χ0) is 21.8. The lowest BCUT2D eigenvalue weighted by Crippen LogP contribution is -2.30. The molecule has 0 bridgehead atoms. The largest absolute Gasteiger partial charge is 0.361 e. The average molecular weight is 404 g/mol. The highest BCUT2D eigenvalue weighted by atomic mass is 16.2. The Morgan fingerprint density at radius 1 is 1.07 bits per heavy atom. The van der Waals surface area contributed by atoms with Gasteiger partial charge in [0.25, 0.3) is 0 Å². The molecule has 30 heavy (non-hydrogen) atoms. The molecule has 2 amide bonds. The molecular formula is C25H29N3O2. The summed E-state index contributed by atoms with van der Waals surface area (Å²) in [6, 6.07) is 12.8. The maximum absolute atomic E-state index is 12.4. The number of nitrogens with one attached hydrogen (secondary N) is 2. The van der Waals surface area contributed by atoms with Gasteiger partial charge in [0.1, 0.15) is 0 Å². The van der Waals surface area contributed by atoms with E-state index in [9.17, 15) is 9.59 Å². The number of hydrogen-bond acceptors (Lipinski definition) is 2. The number of rotatable bonds is 6. The van der Waals surface area contributed by atoms with Gasteiger partial charge >= 0.3 is 0 Å². The summed E-state index contributed by atoms with van der Waals surface area (Å²) in [5, 5.41) is 4.01. The Bertz CT molecular complexity index is 1120. The van der Waals surface area contributed by atoms with Gasteiger partial charge in [-0.2, -0.15) is 0 Å². The Morgan fingerprint density at radius 2 is 1.83 bits per heavy atom. The predicted molar refractivity (Wildman–Crippen MR) is 123 cm³/mol. The van der Waals surface area contributed by atoms with Crippen LogP contribution in [-0.4, -0.2) is 42.3 Å². The number of nitrogens with zero attached hydrogens (tertiary/aromatic N) is 1. The topological polar surface area (TPSA) is 65.2 Å². The summed E-state index contributed by atoms with van der Waals surface area (Å²) in [6.07, 6.45) is 4.15. The minimum Gasteiger partial charge on any atom is -0.361 e. The first-order valence-corrected chi connectivity index (χ1v) is 10.1. The summed E-state index contributed by atoms with van der Waals surface area (Å²) in [5.74, 6) is -0.155. The highest BCUT2D eigenvalue weighted by molar-refractivity contribution is 5.97. The van der Waals surface area contributed by atoms with E-state index in [-0.39, 0.29) is 11.8 Å². The predicted octanol–water partition coefficient (Wildman–Crippen LogP) is 4.45. The monoisotopic (exact) mass is 403 g/mol. The maximum Gasteiger partial charge on any atom is 0.246 e. The minimum absolute atomic E-state index is 0.00295. The van der Waals surface area contributed by atoms with E-state index >= 15 is 0 Å². The van der Waals surface area contributed by atoms with Crippen LogP contribution in [0.25, 0.3) is 28.1 Å². The zero-order valence-corrected chi connectivity index (χ0v) is 18.3. The second-order valence-corrected chi connectivity index (χ2v) is 7.92. The number of aromatic nitrogens is 1. The zero-order valence-electron chi connectivity index (χ0n) is 18.3. The van der Waals surface area contributed by atoms with Crippen molar-refractivity contribution in [2.45, 2.75) is 27.2 Å². The van der Waals surface area contributed by atoms with Crippen LogP contribution < -0.4 is 5.32 Å². The van der Waals surface area contributed by atoms with Crippen molar-refractivity contribution >= 4 is 28.8 Å². The number of carbonyl (C=O) groups is 2. The van der Waals surface area contributed by atoms with E-state index in [1.807, 2.05) is 12.3 Å². The Kier molecular flexibility index (Phi) is 6.40.